The fourth-order valence-electron chi connectivity index (χ4n) is 0.774. The lowest BCUT2D eigenvalue weighted by Gasteiger charge is -1.97. The highest BCUT2D eigenvalue weighted by molar-refractivity contribution is 5.19. The number of nitrogens with zero attached hydrogens (tertiary/aromatic N) is 2. The van der Waals surface area contributed by atoms with E-state index in [0.717, 1.165) is 0 Å². The molecule has 0 spiro atoms. The normalized spacial score (nSPS) is 9.67. The molecular formula is C8H6N2O2. The Labute approximate surface area is 68.8 Å². The molecule has 60 valence electrons. The highest BCUT2D eigenvalue weighted by Crippen LogP contribution is 2.16. The maximum atomic E-state index is 5.25. The molecule has 2 rings (SSSR count). The third kappa shape index (κ3) is 1.42. The van der Waals surface area contributed by atoms with Crippen LogP contribution in [0.5, 0.6) is 11.6 Å². The summed E-state index contributed by atoms with van der Waals surface area (Å²) in [6, 6.07) is 5.42. The number of ether oxygens (including phenoxy) is 1. The first-order chi connectivity index (χ1) is 5.95. The Morgan fingerprint density at radius 1 is 1.33 bits per heavy atom. The monoisotopic (exact) mass is 162 g/mol. The molecule has 0 N–H and O–H groups in total. The van der Waals surface area contributed by atoms with Gasteiger partial charge in [0.15, 0.2) is 12.0 Å². The average Bonchev–Trinajstić information content (AvgIpc) is 2.59. The fourth-order valence-corrected chi connectivity index (χ4v) is 0.774. The molecule has 0 fully saturated rings. The Balaban J connectivity index is 2.15. The van der Waals surface area contributed by atoms with Crippen molar-refractivity contribution in [2.24, 2.45) is 0 Å². The van der Waals surface area contributed by atoms with Crippen LogP contribution in [0.15, 0.2) is 41.4 Å². The SMILES string of the molecule is c1ccc(Oc2cnoc2)nc1. The van der Waals surface area contributed by atoms with Crippen LogP contribution < -0.4 is 4.74 Å². The zero-order chi connectivity index (χ0) is 8.23. The van der Waals surface area contributed by atoms with Crippen LogP contribution in [0.1, 0.15) is 0 Å². The second kappa shape index (κ2) is 3.04. The van der Waals surface area contributed by atoms with Gasteiger partial charge in [-0.15, -0.1) is 0 Å². The first kappa shape index (κ1) is 6.84. The van der Waals surface area contributed by atoms with E-state index in [1.54, 1.807) is 12.3 Å². The molecule has 4 heteroatoms. The molecule has 0 aromatic carbocycles. The van der Waals surface area contributed by atoms with E-state index in [0.29, 0.717) is 11.6 Å². The van der Waals surface area contributed by atoms with Crippen molar-refractivity contribution in [3.05, 3.63) is 36.9 Å². The summed E-state index contributed by atoms with van der Waals surface area (Å²) < 4.78 is 9.83. The predicted molar refractivity (Wildman–Crippen MR) is 40.8 cm³/mol. The minimum Gasteiger partial charge on any atom is -0.434 e. The second-order valence-corrected chi connectivity index (χ2v) is 2.13. The van der Waals surface area contributed by atoms with Gasteiger partial charge < -0.3 is 9.26 Å². The van der Waals surface area contributed by atoms with Crippen molar-refractivity contribution in [3.8, 4) is 11.6 Å². The quantitative estimate of drug-likeness (QED) is 0.676. The van der Waals surface area contributed by atoms with Crippen molar-refractivity contribution >= 4 is 0 Å². The minimum atomic E-state index is 0.528. The van der Waals surface area contributed by atoms with Gasteiger partial charge in [0.25, 0.3) is 0 Å². The summed E-state index contributed by atoms with van der Waals surface area (Å²) >= 11 is 0. The maximum absolute atomic E-state index is 5.25. The van der Waals surface area contributed by atoms with E-state index >= 15 is 0 Å². The smallest absolute Gasteiger partial charge is 0.219 e. The Morgan fingerprint density at radius 3 is 3.00 bits per heavy atom. The zero-order valence-corrected chi connectivity index (χ0v) is 6.18. The van der Waals surface area contributed by atoms with E-state index in [4.69, 9.17) is 4.74 Å². The molecule has 0 aliphatic rings. The number of hydrogen-bond acceptors (Lipinski definition) is 4. The molecule has 4 nitrogen and oxygen atoms in total. The van der Waals surface area contributed by atoms with Crippen molar-refractivity contribution in [1.29, 1.82) is 0 Å². The van der Waals surface area contributed by atoms with Crippen molar-refractivity contribution in [2.45, 2.75) is 0 Å². The third-order valence-electron chi connectivity index (χ3n) is 1.27. The lowest BCUT2D eigenvalue weighted by Crippen LogP contribution is -1.83. The van der Waals surface area contributed by atoms with Gasteiger partial charge in [-0.2, -0.15) is 0 Å². The molecule has 2 aromatic rings. The summed E-state index contributed by atoms with van der Waals surface area (Å²) in [5.74, 6) is 1.08. The van der Waals surface area contributed by atoms with Crippen LogP contribution in [-0.2, 0) is 0 Å². The van der Waals surface area contributed by atoms with E-state index in [2.05, 4.69) is 14.7 Å². The maximum Gasteiger partial charge on any atom is 0.219 e. The van der Waals surface area contributed by atoms with Crippen molar-refractivity contribution in [1.82, 2.24) is 10.1 Å². The molecule has 0 aliphatic heterocycles. The first-order valence-corrected chi connectivity index (χ1v) is 3.43. The minimum absolute atomic E-state index is 0.528. The van der Waals surface area contributed by atoms with Crippen LogP contribution in [0, 0.1) is 0 Å². The van der Waals surface area contributed by atoms with Gasteiger partial charge in [-0.3, -0.25) is 0 Å². The lowest BCUT2D eigenvalue weighted by atomic mass is 10.5. The average molecular weight is 162 g/mol. The van der Waals surface area contributed by atoms with E-state index in [1.807, 2.05) is 12.1 Å². The van der Waals surface area contributed by atoms with Crippen LogP contribution in [0.2, 0.25) is 0 Å². The number of aromatic nitrogens is 2. The van der Waals surface area contributed by atoms with Crippen LogP contribution in [-0.4, -0.2) is 10.1 Å². The summed E-state index contributed by atoms with van der Waals surface area (Å²) in [4.78, 5) is 3.96. The summed E-state index contributed by atoms with van der Waals surface area (Å²) in [7, 11) is 0. The van der Waals surface area contributed by atoms with Crippen molar-refractivity contribution < 1.29 is 9.26 Å². The molecule has 12 heavy (non-hydrogen) atoms. The van der Waals surface area contributed by atoms with Gasteiger partial charge in [0.05, 0.1) is 0 Å². The van der Waals surface area contributed by atoms with Gasteiger partial charge in [-0.25, -0.2) is 4.98 Å². The predicted octanol–water partition coefficient (Wildman–Crippen LogP) is 1.86. The molecule has 0 saturated carbocycles. The Morgan fingerprint density at radius 2 is 2.33 bits per heavy atom. The molecule has 0 bridgehead atoms. The largest absolute Gasteiger partial charge is 0.434 e. The molecule has 0 amide bonds. The molecule has 2 heterocycles. The van der Waals surface area contributed by atoms with Gasteiger partial charge in [0, 0.05) is 12.3 Å². The van der Waals surface area contributed by atoms with Gasteiger partial charge in [0.1, 0.15) is 6.20 Å². The van der Waals surface area contributed by atoms with Gasteiger partial charge in [-0.05, 0) is 6.07 Å². The summed E-state index contributed by atoms with van der Waals surface area (Å²) in [5.41, 5.74) is 0. The molecule has 0 unspecified atom stereocenters. The second-order valence-electron chi connectivity index (χ2n) is 2.13. The van der Waals surface area contributed by atoms with Gasteiger partial charge in [0.2, 0.25) is 5.88 Å². The van der Waals surface area contributed by atoms with E-state index < -0.39 is 0 Å². The van der Waals surface area contributed by atoms with Crippen LogP contribution >= 0.6 is 0 Å². The van der Waals surface area contributed by atoms with E-state index in [1.165, 1.54) is 12.5 Å². The number of pyridine rings is 1. The molecule has 0 aliphatic carbocycles. The van der Waals surface area contributed by atoms with E-state index in [9.17, 15) is 0 Å². The van der Waals surface area contributed by atoms with Crippen molar-refractivity contribution in [2.75, 3.05) is 0 Å². The number of rotatable bonds is 2. The fraction of sp³-hybridized carbons (Fsp3) is 0. The molecular weight excluding hydrogens is 156 g/mol. The van der Waals surface area contributed by atoms with Crippen molar-refractivity contribution in [3.63, 3.8) is 0 Å². The highest BCUT2D eigenvalue weighted by Gasteiger charge is 1.97. The Bertz CT molecular complexity index is 331. The standard InChI is InChI=1S/C8H6N2O2/c1-2-4-9-8(3-1)12-7-5-10-11-6-7/h1-6H. The Hall–Kier alpha value is -1.84. The summed E-state index contributed by atoms with van der Waals surface area (Å²) in [6.45, 7) is 0. The molecule has 0 saturated heterocycles. The van der Waals surface area contributed by atoms with Crippen LogP contribution in [0.3, 0.4) is 0 Å². The van der Waals surface area contributed by atoms with Crippen LogP contribution in [0.4, 0.5) is 0 Å². The highest BCUT2D eigenvalue weighted by atomic mass is 16.5. The van der Waals surface area contributed by atoms with E-state index in [-0.39, 0.29) is 0 Å². The van der Waals surface area contributed by atoms with Crippen LogP contribution in [0.25, 0.3) is 0 Å². The van der Waals surface area contributed by atoms with Gasteiger partial charge in [-0.1, -0.05) is 11.2 Å². The lowest BCUT2D eigenvalue weighted by molar-refractivity contribution is 0.407. The molecule has 0 atom stereocenters. The third-order valence-corrected chi connectivity index (χ3v) is 1.27. The molecule has 2 aromatic heterocycles. The Kier molecular flexibility index (Phi) is 1.74. The first-order valence-electron chi connectivity index (χ1n) is 3.43. The van der Waals surface area contributed by atoms with Gasteiger partial charge >= 0.3 is 0 Å². The summed E-state index contributed by atoms with van der Waals surface area (Å²) in [5, 5.41) is 3.49. The summed E-state index contributed by atoms with van der Waals surface area (Å²) in [6.07, 6.45) is 4.55. The topological polar surface area (TPSA) is 48.2 Å². The zero-order valence-electron chi connectivity index (χ0n) is 6.18. The number of hydrogen-bond donors (Lipinski definition) is 0. The molecule has 0 radical (unpaired) electrons.